The van der Waals surface area contributed by atoms with E-state index >= 15 is 0 Å². The minimum Gasteiger partial charge on any atom is -0.495 e. The van der Waals surface area contributed by atoms with Crippen molar-refractivity contribution in [3.63, 3.8) is 0 Å². The lowest BCUT2D eigenvalue weighted by Crippen LogP contribution is -2.09. The van der Waals surface area contributed by atoms with Gasteiger partial charge in [-0.1, -0.05) is 36.4 Å². The number of ether oxygens (including phenoxy) is 1. The van der Waals surface area contributed by atoms with E-state index in [4.69, 9.17) is 4.74 Å². The fourth-order valence-corrected chi connectivity index (χ4v) is 2.62. The van der Waals surface area contributed by atoms with E-state index in [1.165, 1.54) is 0 Å². The van der Waals surface area contributed by atoms with Crippen LogP contribution in [0.5, 0.6) is 5.75 Å². The average molecular weight is 304 g/mol. The molecule has 3 aromatic rings. The summed E-state index contributed by atoms with van der Waals surface area (Å²) in [6.07, 6.45) is 6.07. The monoisotopic (exact) mass is 304 g/mol. The maximum Gasteiger partial charge on any atom is 0.142 e. The third kappa shape index (κ3) is 3.19. The number of anilines is 1. The van der Waals surface area contributed by atoms with E-state index in [0.29, 0.717) is 0 Å². The van der Waals surface area contributed by atoms with Gasteiger partial charge in [0.1, 0.15) is 5.75 Å². The maximum absolute atomic E-state index is 5.48. The number of hydrogen-bond acceptors (Lipinski definition) is 3. The number of fused-ring (bicyclic) bond motifs is 1. The van der Waals surface area contributed by atoms with Crippen LogP contribution in [0, 0.1) is 0 Å². The molecule has 1 heterocycles. The number of hydrogen-bond donors (Lipinski definition) is 0. The number of nitrogens with zero attached hydrogens (tertiary/aromatic N) is 2. The molecule has 116 valence electrons. The molecule has 0 aliphatic heterocycles. The van der Waals surface area contributed by atoms with Crippen LogP contribution in [-0.2, 0) is 0 Å². The molecular weight excluding hydrogens is 284 g/mol. The van der Waals surface area contributed by atoms with E-state index in [2.05, 4.69) is 41.4 Å². The normalized spacial score (nSPS) is 11.1. The van der Waals surface area contributed by atoms with Gasteiger partial charge in [-0.3, -0.25) is 4.98 Å². The zero-order valence-electron chi connectivity index (χ0n) is 13.7. The first-order chi connectivity index (χ1) is 11.2. The summed E-state index contributed by atoms with van der Waals surface area (Å²) >= 11 is 0. The van der Waals surface area contributed by atoms with Crippen LogP contribution in [0.3, 0.4) is 0 Å². The van der Waals surface area contributed by atoms with E-state index in [9.17, 15) is 0 Å². The average Bonchev–Trinajstić information content (AvgIpc) is 2.59. The Kier molecular flexibility index (Phi) is 4.29. The lowest BCUT2D eigenvalue weighted by Gasteiger charge is -2.16. The number of rotatable bonds is 4. The van der Waals surface area contributed by atoms with E-state index in [1.807, 2.05) is 49.5 Å². The molecule has 1 aromatic heterocycles. The van der Waals surface area contributed by atoms with Crippen LogP contribution in [0.1, 0.15) is 11.1 Å². The van der Waals surface area contributed by atoms with Crippen LogP contribution in [0.25, 0.3) is 23.1 Å². The zero-order chi connectivity index (χ0) is 16.2. The van der Waals surface area contributed by atoms with Crippen LogP contribution in [0.15, 0.2) is 54.7 Å². The first-order valence-electron chi connectivity index (χ1n) is 7.56. The van der Waals surface area contributed by atoms with Gasteiger partial charge in [0.05, 0.1) is 18.3 Å². The van der Waals surface area contributed by atoms with Gasteiger partial charge >= 0.3 is 0 Å². The van der Waals surface area contributed by atoms with Crippen molar-refractivity contribution in [2.75, 3.05) is 26.1 Å². The Balaban J connectivity index is 1.96. The van der Waals surface area contributed by atoms with Crippen LogP contribution in [0.4, 0.5) is 5.69 Å². The number of para-hydroxylation sites is 1. The summed E-state index contributed by atoms with van der Waals surface area (Å²) in [5.74, 6) is 0.872. The van der Waals surface area contributed by atoms with Crippen molar-refractivity contribution in [1.29, 1.82) is 0 Å². The molecule has 0 amide bonds. The summed E-state index contributed by atoms with van der Waals surface area (Å²) in [4.78, 5) is 6.44. The van der Waals surface area contributed by atoms with Gasteiger partial charge in [0, 0.05) is 25.7 Å². The highest BCUT2D eigenvalue weighted by atomic mass is 16.5. The van der Waals surface area contributed by atoms with E-state index in [1.54, 1.807) is 7.11 Å². The molecule has 0 unspecified atom stereocenters. The lowest BCUT2D eigenvalue weighted by molar-refractivity contribution is 0.415. The highest BCUT2D eigenvalue weighted by Gasteiger charge is 2.05. The Labute approximate surface area is 136 Å². The van der Waals surface area contributed by atoms with Gasteiger partial charge in [-0.2, -0.15) is 0 Å². The SMILES string of the molecule is COc1cc(/C=C/c2ccnc3ccccc23)ccc1N(C)C. The van der Waals surface area contributed by atoms with Crippen molar-refractivity contribution in [3.05, 3.63) is 65.9 Å². The Morgan fingerprint density at radius 2 is 1.83 bits per heavy atom. The zero-order valence-corrected chi connectivity index (χ0v) is 13.7. The van der Waals surface area contributed by atoms with Crippen LogP contribution < -0.4 is 9.64 Å². The highest BCUT2D eigenvalue weighted by Crippen LogP contribution is 2.28. The fourth-order valence-electron chi connectivity index (χ4n) is 2.62. The second-order valence-corrected chi connectivity index (χ2v) is 5.58. The summed E-state index contributed by atoms with van der Waals surface area (Å²) < 4.78 is 5.48. The Morgan fingerprint density at radius 1 is 1.00 bits per heavy atom. The summed E-state index contributed by atoms with van der Waals surface area (Å²) in [7, 11) is 5.72. The van der Waals surface area contributed by atoms with E-state index < -0.39 is 0 Å². The molecule has 0 atom stereocenters. The van der Waals surface area contributed by atoms with Crippen molar-refractivity contribution >= 4 is 28.7 Å². The van der Waals surface area contributed by atoms with Crippen LogP contribution in [0.2, 0.25) is 0 Å². The summed E-state index contributed by atoms with van der Waals surface area (Å²) in [5, 5.41) is 1.16. The molecule has 0 aliphatic rings. The van der Waals surface area contributed by atoms with Gasteiger partial charge in [0.25, 0.3) is 0 Å². The molecule has 0 saturated carbocycles. The molecule has 3 heteroatoms. The van der Waals surface area contributed by atoms with E-state index in [-0.39, 0.29) is 0 Å². The molecule has 23 heavy (non-hydrogen) atoms. The highest BCUT2D eigenvalue weighted by molar-refractivity contribution is 5.90. The Bertz CT molecular complexity index is 848. The second-order valence-electron chi connectivity index (χ2n) is 5.58. The molecule has 0 N–H and O–H groups in total. The van der Waals surface area contributed by atoms with Crippen molar-refractivity contribution < 1.29 is 4.74 Å². The van der Waals surface area contributed by atoms with Gasteiger partial charge in [0.15, 0.2) is 0 Å². The minimum absolute atomic E-state index is 0.872. The Morgan fingerprint density at radius 3 is 2.61 bits per heavy atom. The number of benzene rings is 2. The predicted octanol–water partition coefficient (Wildman–Crippen LogP) is 4.48. The van der Waals surface area contributed by atoms with Crippen LogP contribution in [-0.4, -0.2) is 26.2 Å². The molecule has 2 aromatic carbocycles. The first kappa shape index (κ1) is 15.1. The fraction of sp³-hybridized carbons (Fsp3) is 0.150. The summed E-state index contributed by atoms with van der Waals surface area (Å²) in [6.45, 7) is 0. The Hall–Kier alpha value is -2.81. The van der Waals surface area contributed by atoms with Gasteiger partial charge in [-0.25, -0.2) is 0 Å². The number of aromatic nitrogens is 1. The standard InChI is InChI=1S/C20H20N2O/c1-22(2)19-11-9-15(14-20(19)23-3)8-10-16-12-13-21-18-7-5-4-6-17(16)18/h4-14H,1-3H3/b10-8+. The lowest BCUT2D eigenvalue weighted by atomic mass is 10.1. The van der Waals surface area contributed by atoms with Crippen molar-refractivity contribution in [2.45, 2.75) is 0 Å². The summed E-state index contributed by atoms with van der Waals surface area (Å²) in [5.41, 5.74) is 4.34. The third-order valence-electron chi connectivity index (χ3n) is 3.82. The minimum atomic E-state index is 0.872. The smallest absolute Gasteiger partial charge is 0.142 e. The van der Waals surface area contributed by atoms with Crippen molar-refractivity contribution in [2.24, 2.45) is 0 Å². The van der Waals surface area contributed by atoms with Gasteiger partial charge in [0.2, 0.25) is 0 Å². The maximum atomic E-state index is 5.48. The first-order valence-corrected chi connectivity index (χ1v) is 7.56. The summed E-state index contributed by atoms with van der Waals surface area (Å²) in [6, 6.07) is 16.4. The number of methoxy groups -OCH3 is 1. The molecular formula is C20H20N2O. The van der Waals surface area contributed by atoms with E-state index in [0.717, 1.165) is 33.5 Å². The molecule has 0 aliphatic carbocycles. The molecule has 0 saturated heterocycles. The topological polar surface area (TPSA) is 25.4 Å². The van der Waals surface area contributed by atoms with Crippen molar-refractivity contribution in [1.82, 2.24) is 4.98 Å². The molecule has 0 radical (unpaired) electrons. The quantitative estimate of drug-likeness (QED) is 0.710. The van der Waals surface area contributed by atoms with Crippen LogP contribution >= 0.6 is 0 Å². The largest absolute Gasteiger partial charge is 0.495 e. The molecule has 0 spiro atoms. The van der Waals surface area contributed by atoms with Gasteiger partial charge < -0.3 is 9.64 Å². The van der Waals surface area contributed by atoms with Crippen molar-refractivity contribution in [3.8, 4) is 5.75 Å². The number of pyridine rings is 1. The van der Waals surface area contributed by atoms with Gasteiger partial charge in [-0.05, 0) is 35.4 Å². The second kappa shape index (κ2) is 6.53. The predicted molar refractivity (Wildman–Crippen MR) is 98.0 cm³/mol. The molecule has 0 bridgehead atoms. The molecule has 3 nitrogen and oxygen atoms in total. The third-order valence-corrected chi connectivity index (χ3v) is 3.82. The molecule has 0 fully saturated rings. The van der Waals surface area contributed by atoms with Gasteiger partial charge in [-0.15, -0.1) is 0 Å². The molecule has 3 rings (SSSR count).